The molecule has 4 rings (SSSR count). The van der Waals surface area contributed by atoms with Crippen LogP contribution in [0.2, 0.25) is 5.02 Å². The predicted octanol–water partition coefficient (Wildman–Crippen LogP) is 4.20. The third-order valence-corrected chi connectivity index (χ3v) is 6.45. The van der Waals surface area contributed by atoms with Crippen molar-refractivity contribution < 1.29 is 14.3 Å². The van der Waals surface area contributed by atoms with Crippen LogP contribution in [0.15, 0.2) is 41.3 Å². The Morgan fingerprint density at radius 3 is 2.54 bits per heavy atom. The van der Waals surface area contributed by atoms with Gasteiger partial charge in [-0.15, -0.1) is 11.8 Å². The molecule has 2 aromatic rings. The topological polar surface area (TPSA) is 38.8 Å². The first kappa shape index (κ1) is 18.1. The molecule has 0 aromatic heterocycles. The number of carbonyl (C=O) groups excluding carboxylic acids is 1. The Kier molecular flexibility index (Phi) is 5.69. The lowest BCUT2D eigenvalue weighted by molar-refractivity contribution is -0.134. The number of hydrogen-bond acceptors (Lipinski definition) is 4. The molecule has 2 aliphatic heterocycles. The zero-order valence-corrected chi connectivity index (χ0v) is 16.1. The molecule has 1 amide bonds. The number of fused-ring (bicyclic) bond motifs is 1. The quantitative estimate of drug-likeness (QED) is 0.732. The van der Waals surface area contributed by atoms with Crippen molar-refractivity contribution in [3.8, 4) is 0 Å². The molecule has 2 aromatic carbocycles. The molecular weight excluding hydrogens is 370 g/mol. The van der Waals surface area contributed by atoms with Gasteiger partial charge in [0.1, 0.15) is 0 Å². The van der Waals surface area contributed by atoms with Gasteiger partial charge in [-0.05, 0) is 30.4 Å². The van der Waals surface area contributed by atoms with Crippen molar-refractivity contribution in [3.63, 3.8) is 0 Å². The summed E-state index contributed by atoms with van der Waals surface area (Å²) in [6.07, 6.45) is 1.82. The Morgan fingerprint density at radius 1 is 1.12 bits per heavy atom. The summed E-state index contributed by atoms with van der Waals surface area (Å²) >= 11 is 7.94. The molecule has 0 N–H and O–H groups in total. The number of rotatable bonds is 4. The molecule has 2 aliphatic rings. The van der Waals surface area contributed by atoms with Gasteiger partial charge in [0.15, 0.2) is 6.29 Å². The van der Waals surface area contributed by atoms with Crippen molar-refractivity contribution in [1.82, 2.24) is 4.90 Å². The van der Waals surface area contributed by atoms with Crippen molar-refractivity contribution in [2.24, 2.45) is 5.92 Å². The van der Waals surface area contributed by atoms with Crippen molar-refractivity contribution in [1.29, 1.82) is 0 Å². The number of hydrogen-bond donors (Lipinski definition) is 0. The van der Waals surface area contributed by atoms with E-state index in [9.17, 15) is 4.79 Å². The van der Waals surface area contributed by atoms with Gasteiger partial charge in [0.2, 0.25) is 5.91 Å². The zero-order chi connectivity index (χ0) is 17.9. The van der Waals surface area contributed by atoms with Crippen LogP contribution in [0.5, 0.6) is 0 Å². The normalized spacial score (nSPS) is 19.3. The molecule has 2 heterocycles. The van der Waals surface area contributed by atoms with E-state index >= 15 is 0 Å². The van der Waals surface area contributed by atoms with Crippen molar-refractivity contribution in [2.75, 3.05) is 32.1 Å². The molecule has 0 unspecified atom stereocenters. The maximum Gasteiger partial charge on any atom is 0.232 e. The van der Waals surface area contributed by atoms with Gasteiger partial charge in [-0.1, -0.05) is 35.9 Å². The highest BCUT2D eigenvalue weighted by Crippen LogP contribution is 2.33. The molecular formula is C20H22ClNO3S. The number of carbonyl (C=O) groups is 1. The molecule has 0 atom stereocenters. The Morgan fingerprint density at radius 2 is 1.81 bits per heavy atom. The maximum atomic E-state index is 12.6. The highest BCUT2D eigenvalue weighted by atomic mass is 35.5. The van der Waals surface area contributed by atoms with Gasteiger partial charge in [0, 0.05) is 34.3 Å². The van der Waals surface area contributed by atoms with Crippen LogP contribution in [0.25, 0.3) is 10.8 Å². The molecule has 0 spiro atoms. The van der Waals surface area contributed by atoms with E-state index in [0.717, 1.165) is 46.6 Å². The van der Waals surface area contributed by atoms with Gasteiger partial charge in [-0.3, -0.25) is 4.79 Å². The first-order valence-corrected chi connectivity index (χ1v) is 10.4. The molecule has 2 saturated heterocycles. The molecule has 0 bridgehead atoms. The van der Waals surface area contributed by atoms with E-state index in [2.05, 4.69) is 0 Å². The van der Waals surface area contributed by atoms with E-state index in [-0.39, 0.29) is 12.2 Å². The van der Waals surface area contributed by atoms with E-state index in [1.54, 1.807) is 11.8 Å². The number of nitrogens with zero attached hydrogens (tertiary/aromatic N) is 1. The number of likely N-dealkylation sites (tertiary alicyclic amines) is 1. The second-order valence-corrected chi connectivity index (χ2v) is 8.14. The van der Waals surface area contributed by atoms with Gasteiger partial charge in [0.25, 0.3) is 0 Å². The second kappa shape index (κ2) is 8.17. The average molecular weight is 392 g/mol. The zero-order valence-electron chi connectivity index (χ0n) is 14.5. The molecule has 6 heteroatoms. The number of halogens is 1. The van der Waals surface area contributed by atoms with Crippen LogP contribution in [0.1, 0.15) is 12.8 Å². The van der Waals surface area contributed by atoms with Crippen molar-refractivity contribution in [3.05, 3.63) is 41.4 Å². The fourth-order valence-corrected chi connectivity index (χ4v) is 5.03. The summed E-state index contributed by atoms with van der Waals surface area (Å²) in [7, 11) is 0. The third kappa shape index (κ3) is 3.86. The van der Waals surface area contributed by atoms with Crippen LogP contribution in [0.3, 0.4) is 0 Å². The fourth-order valence-electron chi connectivity index (χ4n) is 3.68. The second-order valence-electron chi connectivity index (χ2n) is 6.71. The number of piperidine rings is 1. The summed E-state index contributed by atoms with van der Waals surface area (Å²) in [4.78, 5) is 15.7. The summed E-state index contributed by atoms with van der Waals surface area (Å²) in [5.74, 6) is 1.03. The molecule has 4 nitrogen and oxygen atoms in total. The number of benzene rings is 2. The van der Waals surface area contributed by atoms with Crippen LogP contribution in [0, 0.1) is 5.92 Å². The summed E-state index contributed by atoms with van der Waals surface area (Å²) in [6, 6.07) is 12.0. The van der Waals surface area contributed by atoms with Gasteiger partial charge < -0.3 is 14.4 Å². The van der Waals surface area contributed by atoms with Crippen LogP contribution in [-0.2, 0) is 14.3 Å². The standard InChI is InChI=1S/C20H22ClNO3S/c21-16-5-1-3-14-4-2-6-17(19(14)16)26-13-18(23)22-9-7-15(8-10-22)20-24-11-12-25-20/h1-6,15,20H,7-13H2. The maximum absolute atomic E-state index is 12.6. The summed E-state index contributed by atoms with van der Waals surface area (Å²) < 4.78 is 11.2. The summed E-state index contributed by atoms with van der Waals surface area (Å²) in [5, 5.41) is 2.87. The molecule has 2 fully saturated rings. The lowest BCUT2D eigenvalue weighted by Crippen LogP contribution is -2.42. The van der Waals surface area contributed by atoms with Crippen LogP contribution in [-0.4, -0.2) is 49.2 Å². The highest BCUT2D eigenvalue weighted by molar-refractivity contribution is 8.00. The van der Waals surface area contributed by atoms with E-state index in [4.69, 9.17) is 21.1 Å². The van der Waals surface area contributed by atoms with E-state index in [0.29, 0.717) is 24.9 Å². The number of ether oxygens (including phenoxy) is 2. The first-order valence-electron chi connectivity index (χ1n) is 9.03. The molecule has 26 heavy (non-hydrogen) atoms. The minimum Gasteiger partial charge on any atom is -0.350 e. The molecule has 0 saturated carbocycles. The number of thioether (sulfide) groups is 1. The van der Waals surface area contributed by atoms with E-state index < -0.39 is 0 Å². The number of amides is 1. The van der Waals surface area contributed by atoms with Crippen LogP contribution < -0.4 is 0 Å². The van der Waals surface area contributed by atoms with Crippen molar-refractivity contribution in [2.45, 2.75) is 24.0 Å². The average Bonchev–Trinajstić information content (AvgIpc) is 3.21. The third-order valence-electron chi connectivity index (χ3n) is 5.09. The highest BCUT2D eigenvalue weighted by Gasteiger charge is 2.31. The van der Waals surface area contributed by atoms with Crippen molar-refractivity contribution >= 4 is 40.0 Å². The molecule has 0 radical (unpaired) electrons. The largest absolute Gasteiger partial charge is 0.350 e. The van der Waals surface area contributed by atoms with E-state index in [1.165, 1.54) is 0 Å². The molecule has 0 aliphatic carbocycles. The van der Waals surface area contributed by atoms with E-state index in [1.807, 2.05) is 41.3 Å². The minimum absolute atomic E-state index is 0.0700. The van der Waals surface area contributed by atoms with Gasteiger partial charge in [-0.2, -0.15) is 0 Å². The predicted molar refractivity (Wildman–Crippen MR) is 105 cm³/mol. The van der Waals surface area contributed by atoms with Gasteiger partial charge in [0.05, 0.1) is 19.0 Å². The minimum atomic E-state index is -0.0700. The first-order chi connectivity index (χ1) is 12.7. The Labute approximate surface area is 162 Å². The Hall–Kier alpha value is -1.27. The van der Waals surface area contributed by atoms with Crippen LogP contribution >= 0.6 is 23.4 Å². The SMILES string of the molecule is O=C(CSc1cccc2cccc(Cl)c12)N1CCC(C2OCCO2)CC1. The monoisotopic (exact) mass is 391 g/mol. The summed E-state index contributed by atoms with van der Waals surface area (Å²) in [5.41, 5.74) is 0. The lowest BCUT2D eigenvalue weighted by atomic mass is 9.96. The van der Waals surface area contributed by atoms with Crippen LogP contribution in [0.4, 0.5) is 0 Å². The fraction of sp³-hybridized carbons (Fsp3) is 0.450. The summed E-state index contributed by atoms with van der Waals surface area (Å²) in [6.45, 7) is 2.94. The Bertz CT molecular complexity index is 780. The lowest BCUT2D eigenvalue weighted by Gasteiger charge is -2.33. The molecule has 138 valence electrons. The Balaban J connectivity index is 1.35. The smallest absolute Gasteiger partial charge is 0.232 e. The van der Waals surface area contributed by atoms with Gasteiger partial charge in [-0.25, -0.2) is 0 Å². The van der Waals surface area contributed by atoms with Gasteiger partial charge >= 0.3 is 0 Å².